The monoisotopic (exact) mass is 564 g/mol. The lowest BCUT2D eigenvalue weighted by molar-refractivity contribution is -0.134. The molecule has 4 rings (SSSR count). The maximum absolute atomic E-state index is 13.2. The van der Waals surface area contributed by atoms with Crippen LogP contribution < -0.4 is 16.0 Å². The Morgan fingerprint density at radius 3 is 2.65 bits per heavy atom. The topological polar surface area (TPSA) is 132 Å². The van der Waals surface area contributed by atoms with Crippen molar-refractivity contribution in [1.82, 2.24) is 35.6 Å². The molecule has 0 radical (unpaired) electrons. The average Bonchev–Trinajstić information content (AvgIpc) is 3.29. The minimum atomic E-state index is -0.556. The second kappa shape index (κ2) is 11.8. The van der Waals surface area contributed by atoms with Crippen molar-refractivity contribution in [1.29, 1.82) is 0 Å². The number of nitrogens with one attached hydrogen (secondary N) is 3. The number of carbonyl (C=O) groups is 3. The number of thiazole rings is 1. The zero-order chi connectivity index (χ0) is 26.7. The van der Waals surface area contributed by atoms with Crippen LogP contribution in [0.25, 0.3) is 0 Å². The number of nitrogens with zero attached hydrogens (tertiary/aromatic N) is 5. The highest BCUT2D eigenvalue weighted by molar-refractivity contribution is 7.82. The normalized spacial score (nSPS) is 21.5. The van der Waals surface area contributed by atoms with Crippen LogP contribution in [0.4, 0.5) is 5.82 Å². The zero-order valence-corrected chi connectivity index (χ0v) is 23.2. The highest BCUT2D eigenvalue weighted by Gasteiger charge is 2.37. The summed E-state index contributed by atoms with van der Waals surface area (Å²) in [5.41, 5.74) is 0.968. The second-order valence-electron chi connectivity index (χ2n) is 9.47. The van der Waals surface area contributed by atoms with Crippen molar-refractivity contribution in [3.8, 4) is 0 Å². The molecule has 1 fully saturated rings. The number of thiocarbonyl (C=S) groups is 1. The standard InChI is InChI=1S/C23H29ClN8O3S2/c1-31(2)23(35)12-4-5-13(26-21(36)19(33)28-18-7-6-17(24)29-30-18)15(10-12)25-20(34)22-27-14-8-9-32(3)11-16(14)37-22/h6-7,12-13,15H,4-5,8-11H2,1-3H3,(H,25,34)(H,26,36)(H,28,30,33). The summed E-state index contributed by atoms with van der Waals surface area (Å²) < 4.78 is 0. The van der Waals surface area contributed by atoms with E-state index in [-0.39, 0.29) is 39.7 Å². The van der Waals surface area contributed by atoms with Crippen molar-refractivity contribution in [2.75, 3.05) is 33.0 Å². The molecular weight excluding hydrogens is 536 g/mol. The molecule has 3 atom stereocenters. The van der Waals surface area contributed by atoms with Gasteiger partial charge in [-0.2, -0.15) is 0 Å². The Kier molecular flexibility index (Phi) is 8.67. The summed E-state index contributed by atoms with van der Waals surface area (Å²) in [6.07, 6.45) is 2.37. The number of fused-ring (bicyclic) bond motifs is 1. The molecule has 1 saturated carbocycles. The number of hydrogen-bond donors (Lipinski definition) is 3. The van der Waals surface area contributed by atoms with Gasteiger partial charge in [-0.1, -0.05) is 23.8 Å². The SMILES string of the molecule is CN1CCc2nc(C(=O)NC3CC(C(=O)N(C)C)CCC3NC(=S)C(=O)Nc3ccc(Cl)nn3)sc2C1. The van der Waals surface area contributed by atoms with E-state index in [1.54, 1.807) is 19.0 Å². The van der Waals surface area contributed by atoms with E-state index in [2.05, 4.69) is 36.0 Å². The van der Waals surface area contributed by atoms with Gasteiger partial charge in [-0.15, -0.1) is 21.5 Å². The van der Waals surface area contributed by atoms with E-state index in [1.165, 1.54) is 23.5 Å². The predicted molar refractivity (Wildman–Crippen MR) is 145 cm³/mol. The maximum atomic E-state index is 13.2. The fraction of sp³-hybridized carbons (Fsp3) is 0.522. The quantitative estimate of drug-likeness (QED) is 0.462. The highest BCUT2D eigenvalue weighted by atomic mass is 35.5. The first-order chi connectivity index (χ1) is 17.6. The lowest BCUT2D eigenvalue weighted by Crippen LogP contribution is -2.57. The molecule has 198 valence electrons. The molecule has 3 amide bonds. The summed E-state index contributed by atoms with van der Waals surface area (Å²) in [5.74, 6) is -0.874. The number of likely N-dealkylation sites (N-methyl/N-ethyl adjacent to an activating group) is 1. The molecule has 0 spiro atoms. The fourth-order valence-electron chi connectivity index (χ4n) is 4.53. The maximum Gasteiger partial charge on any atom is 0.284 e. The molecule has 0 aromatic carbocycles. The number of halogens is 1. The molecule has 2 aliphatic rings. The Morgan fingerprint density at radius 2 is 1.95 bits per heavy atom. The van der Waals surface area contributed by atoms with E-state index < -0.39 is 11.9 Å². The lowest BCUT2D eigenvalue weighted by atomic mass is 9.81. The number of hydrogen-bond acceptors (Lipinski definition) is 9. The Morgan fingerprint density at radius 1 is 1.16 bits per heavy atom. The predicted octanol–water partition coefficient (Wildman–Crippen LogP) is 1.49. The first kappa shape index (κ1) is 27.3. The van der Waals surface area contributed by atoms with Crippen molar-refractivity contribution in [3.63, 3.8) is 0 Å². The summed E-state index contributed by atoms with van der Waals surface area (Å²) in [7, 11) is 5.48. The summed E-state index contributed by atoms with van der Waals surface area (Å²) >= 11 is 12.5. The van der Waals surface area contributed by atoms with Gasteiger partial charge in [0.2, 0.25) is 5.91 Å². The van der Waals surface area contributed by atoms with Crippen LogP contribution in [-0.2, 0) is 22.6 Å². The van der Waals surface area contributed by atoms with Crippen molar-refractivity contribution in [2.45, 2.75) is 44.3 Å². The van der Waals surface area contributed by atoms with E-state index in [0.29, 0.717) is 24.3 Å². The molecule has 2 aromatic heterocycles. The molecule has 3 unspecified atom stereocenters. The molecule has 0 saturated heterocycles. The molecule has 0 bridgehead atoms. The van der Waals surface area contributed by atoms with Gasteiger partial charge in [0.05, 0.1) is 11.7 Å². The van der Waals surface area contributed by atoms with E-state index in [9.17, 15) is 14.4 Å². The minimum Gasteiger partial charge on any atom is -0.367 e. The van der Waals surface area contributed by atoms with Gasteiger partial charge in [0.1, 0.15) is 0 Å². The number of carbonyl (C=O) groups excluding carboxylic acids is 3. The Hall–Kier alpha value is -2.74. The highest BCUT2D eigenvalue weighted by Crippen LogP contribution is 2.28. The third kappa shape index (κ3) is 6.78. The molecule has 14 heteroatoms. The van der Waals surface area contributed by atoms with E-state index in [0.717, 1.165) is 30.1 Å². The molecule has 1 aliphatic carbocycles. The molecule has 11 nitrogen and oxygen atoms in total. The van der Waals surface area contributed by atoms with Gasteiger partial charge in [0.15, 0.2) is 21.0 Å². The smallest absolute Gasteiger partial charge is 0.284 e. The van der Waals surface area contributed by atoms with Gasteiger partial charge in [-0.3, -0.25) is 14.4 Å². The molecule has 3 N–H and O–H groups in total. The minimum absolute atomic E-state index is 0.00656. The van der Waals surface area contributed by atoms with Crippen LogP contribution in [0.1, 0.15) is 39.6 Å². The van der Waals surface area contributed by atoms with Gasteiger partial charge in [-0.25, -0.2) is 4.98 Å². The lowest BCUT2D eigenvalue weighted by Gasteiger charge is -2.37. The van der Waals surface area contributed by atoms with Gasteiger partial charge in [0, 0.05) is 50.4 Å². The van der Waals surface area contributed by atoms with Crippen molar-refractivity contribution in [2.24, 2.45) is 5.92 Å². The molecule has 1 aliphatic heterocycles. The zero-order valence-electron chi connectivity index (χ0n) is 20.8. The van der Waals surface area contributed by atoms with Gasteiger partial charge in [-0.05, 0) is 38.4 Å². The summed E-state index contributed by atoms with van der Waals surface area (Å²) in [5, 5.41) is 16.8. The van der Waals surface area contributed by atoms with Crippen LogP contribution in [0.2, 0.25) is 5.15 Å². The Balaban J connectivity index is 1.45. The molecule has 37 heavy (non-hydrogen) atoms. The first-order valence-electron chi connectivity index (χ1n) is 11.9. The third-order valence-electron chi connectivity index (χ3n) is 6.47. The van der Waals surface area contributed by atoms with Crippen LogP contribution in [0.15, 0.2) is 12.1 Å². The summed E-state index contributed by atoms with van der Waals surface area (Å²) in [6.45, 7) is 1.68. The van der Waals surface area contributed by atoms with Crippen molar-refractivity contribution < 1.29 is 14.4 Å². The van der Waals surface area contributed by atoms with Crippen LogP contribution in [0.5, 0.6) is 0 Å². The van der Waals surface area contributed by atoms with E-state index in [4.69, 9.17) is 23.8 Å². The molecular formula is C23H29ClN8O3S2. The van der Waals surface area contributed by atoms with Crippen molar-refractivity contribution in [3.05, 3.63) is 32.9 Å². The number of rotatable bonds is 5. The van der Waals surface area contributed by atoms with Gasteiger partial charge < -0.3 is 25.8 Å². The summed E-state index contributed by atoms with van der Waals surface area (Å²) in [6, 6.07) is 2.25. The Labute approximate surface area is 229 Å². The largest absolute Gasteiger partial charge is 0.367 e. The van der Waals surface area contributed by atoms with Crippen LogP contribution >= 0.6 is 35.2 Å². The van der Waals surface area contributed by atoms with Crippen LogP contribution in [0.3, 0.4) is 0 Å². The molecule has 3 heterocycles. The third-order valence-corrected chi connectivity index (χ3v) is 8.06. The second-order valence-corrected chi connectivity index (χ2v) is 11.4. The van der Waals surface area contributed by atoms with Crippen LogP contribution in [0, 0.1) is 5.92 Å². The first-order valence-corrected chi connectivity index (χ1v) is 13.5. The average molecular weight is 565 g/mol. The fourth-order valence-corrected chi connectivity index (χ4v) is 5.93. The van der Waals surface area contributed by atoms with Gasteiger partial charge in [0.25, 0.3) is 11.8 Å². The number of amides is 3. The van der Waals surface area contributed by atoms with E-state index in [1.807, 2.05) is 7.05 Å². The Bertz CT molecular complexity index is 1190. The molecule has 2 aromatic rings. The van der Waals surface area contributed by atoms with Crippen molar-refractivity contribution >= 4 is 63.7 Å². The van der Waals surface area contributed by atoms with Crippen LogP contribution in [-0.4, -0.2) is 87.5 Å². The van der Waals surface area contributed by atoms with E-state index >= 15 is 0 Å². The number of aromatic nitrogens is 3. The van der Waals surface area contributed by atoms with Gasteiger partial charge >= 0.3 is 0 Å². The number of anilines is 1. The summed E-state index contributed by atoms with van der Waals surface area (Å²) in [4.78, 5) is 47.9.